The predicted octanol–water partition coefficient (Wildman–Crippen LogP) is 2.48. The number of likely N-dealkylation sites (tertiary alicyclic amines) is 1. The fourth-order valence-electron chi connectivity index (χ4n) is 3.50. The maximum atomic E-state index is 12.4. The van der Waals surface area contributed by atoms with Crippen molar-refractivity contribution in [2.75, 3.05) is 26.7 Å². The number of hydrogen-bond acceptors (Lipinski definition) is 5. The quantitative estimate of drug-likeness (QED) is 0.720. The van der Waals surface area contributed by atoms with Crippen LogP contribution in [0, 0.1) is 0 Å². The molecule has 0 radical (unpaired) electrons. The summed E-state index contributed by atoms with van der Waals surface area (Å²) < 4.78 is 32.1. The second kappa shape index (κ2) is 9.28. The fourth-order valence-corrected chi connectivity index (χ4v) is 4.53. The van der Waals surface area contributed by atoms with Crippen molar-refractivity contribution in [2.24, 2.45) is 0 Å². The van der Waals surface area contributed by atoms with Gasteiger partial charge in [0.05, 0.1) is 12.0 Å². The summed E-state index contributed by atoms with van der Waals surface area (Å²) >= 11 is 0. The molecule has 0 aliphatic carbocycles. The topological polar surface area (TPSA) is 95.9 Å². The van der Waals surface area contributed by atoms with Gasteiger partial charge in [-0.25, -0.2) is 13.1 Å². The Bertz CT molecular complexity index is 919. The molecular weight excluding hydrogens is 392 g/mol. The molecule has 0 atom stereocenters. The van der Waals surface area contributed by atoms with Gasteiger partial charge in [-0.2, -0.15) is 0 Å². The molecule has 7 nitrogen and oxygen atoms in total. The molecular formula is C21H26N2O5S. The van der Waals surface area contributed by atoms with Crippen LogP contribution in [0.15, 0.2) is 53.4 Å². The molecule has 2 aromatic rings. The van der Waals surface area contributed by atoms with Crippen molar-refractivity contribution >= 4 is 15.9 Å². The van der Waals surface area contributed by atoms with Crippen LogP contribution in [0.1, 0.15) is 30.7 Å². The first kappa shape index (κ1) is 21.1. The highest BCUT2D eigenvalue weighted by molar-refractivity contribution is 7.89. The van der Waals surface area contributed by atoms with E-state index in [1.165, 1.54) is 24.8 Å². The predicted molar refractivity (Wildman–Crippen MR) is 109 cm³/mol. The minimum Gasteiger partial charge on any atom is -0.508 e. The van der Waals surface area contributed by atoms with Crippen molar-refractivity contribution in [3.05, 3.63) is 54.1 Å². The summed E-state index contributed by atoms with van der Waals surface area (Å²) in [4.78, 5) is 14.4. The second-order valence-electron chi connectivity index (χ2n) is 7.07. The minimum absolute atomic E-state index is 0.0495. The Morgan fingerprint density at radius 2 is 1.72 bits per heavy atom. The number of carbonyl (C=O) groups excluding carboxylic acids is 1. The summed E-state index contributed by atoms with van der Waals surface area (Å²) in [5, 5.41) is 9.40. The molecule has 0 bridgehead atoms. The fraction of sp³-hybridized carbons (Fsp3) is 0.381. The molecule has 8 heteroatoms. The number of piperidine rings is 1. The monoisotopic (exact) mass is 418 g/mol. The van der Waals surface area contributed by atoms with Crippen LogP contribution in [0.3, 0.4) is 0 Å². The summed E-state index contributed by atoms with van der Waals surface area (Å²) in [6.45, 7) is 1.36. The average molecular weight is 419 g/mol. The summed E-state index contributed by atoms with van der Waals surface area (Å²) in [6.07, 6.45) is 1.83. The van der Waals surface area contributed by atoms with E-state index in [1.807, 2.05) is 12.1 Å². The number of phenolic OH excluding ortho intramolecular Hbond substituents is 1. The van der Waals surface area contributed by atoms with Gasteiger partial charge in [0.1, 0.15) is 11.5 Å². The Kier molecular flexibility index (Phi) is 6.76. The standard InChI is InChI=1S/C21H26N2O5S/c1-28-19-6-8-20(9-7-19)29(26,27)22-13-10-21(25)23-14-11-17(12-15-23)16-2-4-18(24)5-3-16/h2-9,17,22,24H,10-15H2,1H3. The van der Waals surface area contributed by atoms with Gasteiger partial charge in [0.15, 0.2) is 0 Å². The first-order valence-corrected chi connectivity index (χ1v) is 11.1. The number of sulfonamides is 1. The van der Waals surface area contributed by atoms with Gasteiger partial charge in [0, 0.05) is 26.1 Å². The number of nitrogens with zero attached hydrogens (tertiary/aromatic N) is 1. The highest BCUT2D eigenvalue weighted by Crippen LogP contribution is 2.29. The number of amides is 1. The van der Waals surface area contributed by atoms with E-state index in [1.54, 1.807) is 29.2 Å². The summed E-state index contributed by atoms with van der Waals surface area (Å²) in [5.74, 6) is 1.15. The Labute approximate surface area is 171 Å². The minimum atomic E-state index is -3.66. The van der Waals surface area contributed by atoms with Crippen LogP contribution in [0.4, 0.5) is 0 Å². The van der Waals surface area contributed by atoms with Gasteiger partial charge >= 0.3 is 0 Å². The van der Waals surface area contributed by atoms with Gasteiger partial charge in [-0.15, -0.1) is 0 Å². The average Bonchev–Trinajstić information content (AvgIpc) is 2.74. The SMILES string of the molecule is COc1ccc(S(=O)(=O)NCCC(=O)N2CCC(c3ccc(O)cc3)CC2)cc1. The van der Waals surface area contributed by atoms with Crippen LogP contribution in [-0.2, 0) is 14.8 Å². The number of rotatable bonds is 7. The number of carbonyl (C=O) groups is 1. The summed E-state index contributed by atoms with van der Waals surface area (Å²) in [7, 11) is -2.14. The van der Waals surface area contributed by atoms with E-state index in [0.717, 1.165) is 12.8 Å². The lowest BCUT2D eigenvalue weighted by atomic mass is 9.89. The number of phenols is 1. The molecule has 0 aromatic heterocycles. The molecule has 1 fully saturated rings. The molecule has 1 aliphatic rings. The van der Waals surface area contributed by atoms with Crippen LogP contribution in [-0.4, -0.2) is 51.1 Å². The van der Waals surface area contributed by atoms with Gasteiger partial charge in [0.2, 0.25) is 15.9 Å². The molecule has 0 saturated carbocycles. The molecule has 1 heterocycles. The highest BCUT2D eigenvalue weighted by Gasteiger charge is 2.24. The lowest BCUT2D eigenvalue weighted by Gasteiger charge is -2.32. The largest absolute Gasteiger partial charge is 0.508 e. The van der Waals surface area contributed by atoms with Gasteiger partial charge in [0.25, 0.3) is 0 Å². The zero-order chi connectivity index (χ0) is 20.9. The number of methoxy groups -OCH3 is 1. The normalized spacial score (nSPS) is 15.3. The van der Waals surface area contributed by atoms with Gasteiger partial charge in [-0.3, -0.25) is 4.79 Å². The molecule has 2 N–H and O–H groups in total. The number of nitrogens with one attached hydrogen (secondary N) is 1. The molecule has 1 amide bonds. The molecule has 3 rings (SSSR count). The van der Waals surface area contributed by atoms with Crippen molar-refractivity contribution in [1.29, 1.82) is 0 Å². The third-order valence-electron chi connectivity index (χ3n) is 5.21. The number of ether oxygens (including phenoxy) is 1. The number of aromatic hydroxyl groups is 1. The molecule has 1 saturated heterocycles. The first-order chi connectivity index (χ1) is 13.9. The van der Waals surface area contributed by atoms with Crippen LogP contribution >= 0.6 is 0 Å². The van der Waals surface area contributed by atoms with Gasteiger partial charge < -0.3 is 14.7 Å². The van der Waals surface area contributed by atoms with Crippen LogP contribution < -0.4 is 9.46 Å². The van der Waals surface area contributed by atoms with E-state index in [-0.39, 0.29) is 29.5 Å². The molecule has 1 aliphatic heterocycles. The smallest absolute Gasteiger partial charge is 0.240 e. The van der Waals surface area contributed by atoms with E-state index < -0.39 is 10.0 Å². The Morgan fingerprint density at radius 1 is 1.10 bits per heavy atom. The van der Waals surface area contributed by atoms with Crippen LogP contribution in [0.5, 0.6) is 11.5 Å². The van der Waals surface area contributed by atoms with E-state index in [9.17, 15) is 18.3 Å². The van der Waals surface area contributed by atoms with E-state index in [2.05, 4.69) is 4.72 Å². The lowest BCUT2D eigenvalue weighted by Crippen LogP contribution is -2.39. The summed E-state index contributed by atoms with van der Waals surface area (Å²) in [5.41, 5.74) is 1.17. The summed E-state index contributed by atoms with van der Waals surface area (Å²) in [6, 6.07) is 13.3. The Hall–Kier alpha value is -2.58. The van der Waals surface area contributed by atoms with Crippen LogP contribution in [0.25, 0.3) is 0 Å². The molecule has 29 heavy (non-hydrogen) atoms. The molecule has 0 spiro atoms. The van der Waals surface area contributed by atoms with E-state index in [0.29, 0.717) is 24.8 Å². The first-order valence-electron chi connectivity index (χ1n) is 9.59. The third kappa shape index (κ3) is 5.48. The van der Waals surface area contributed by atoms with E-state index in [4.69, 9.17) is 4.74 Å². The van der Waals surface area contributed by atoms with Gasteiger partial charge in [-0.1, -0.05) is 12.1 Å². The maximum Gasteiger partial charge on any atom is 0.240 e. The molecule has 2 aromatic carbocycles. The number of hydrogen-bond donors (Lipinski definition) is 2. The second-order valence-corrected chi connectivity index (χ2v) is 8.84. The molecule has 156 valence electrons. The third-order valence-corrected chi connectivity index (χ3v) is 6.69. The molecule has 0 unspecified atom stereocenters. The maximum absolute atomic E-state index is 12.4. The zero-order valence-corrected chi connectivity index (χ0v) is 17.2. The number of benzene rings is 2. The van der Waals surface area contributed by atoms with Crippen LogP contribution in [0.2, 0.25) is 0 Å². The Morgan fingerprint density at radius 3 is 2.31 bits per heavy atom. The van der Waals surface area contributed by atoms with Crippen molar-refractivity contribution in [2.45, 2.75) is 30.1 Å². The van der Waals surface area contributed by atoms with Crippen molar-refractivity contribution < 1.29 is 23.1 Å². The zero-order valence-electron chi connectivity index (χ0n) is 16.4. The van der Waals surface area contributed by atoms with Crippen molar-refractivity contribution in [3.8, 4) is 11.5 Å². The van der Waals surface area contributed by atoms with Crippen molar-refractivity contribution in [3.63, 3.8) is 0 Å². The van der Waals surface area contributed by atoms with Gasteiger partial charge in [-0.05, 0) is 60.7 Å². The Balaban J connectivity index is 1.45. The van der Waals surface area contributed by atoms with Crippen molar-refractivity contribution in [1.82, 2.24) is 9.62 Å². The van der Waals surface area contributed by atoms with E-state index >= 15 is 0 Å². The lowest BCUT2D eigenvalue weighted by molar-refractivity contribution is -0.132. The highest BCUT2D eigenvalue weighted by atomic mass is 32.2.